The highest BCUT2D eigenvalue weighted by Crippen LogP contribution is 2.22. The molecule has 1 amide bonds. The van der Waals surface area contributed by atoms with Gasteiger partial charge in [-0.3, -0.25) is 10.1 Å². The lowest BCUT2D eigenvalue weighted by Crippen LogP contribution is -2.22. The highest BCUT2D eigenvalue weighted by molar-refractivity contribution is 7.99. The molecule has 22 heavy (non-hydrogen) atoms. The van der Waals surface area contributed by atoms with Gasteiger partial charge in [0.15, 0.2) is 5.82 Å². The SMILES string of the molecule is Cc1cc(NC(=O)C(C)SCc2nc(C(C)(C)C)no2)on1. The van der Waals surface area contributed by atoms with E-state index in [9.17, 15) is 4.79 Å². The van der Waals surface area contributed by atoms with Crippen LogP contribution in [0.1, 0.15) is 45.1 Å². The summed E-state index contributed by atoms with van der Waals surface area (Å²) in [7, 11) is 0. The van der Waals surface area contributed by atoms with E-state index in [1.165, 1.54) is 11.8 Å². The molecule has 0 fully saturated rings. The summed E-state index contributed by atoms with van der Waals surface area (Å²) in [5.41, 5.74) is 0.565. The molecule has 0 radical (unpaired) electrons. The second-order valence-corrected chi connectivity index (χ2v) is 7.37. The van der Waals surface area contributed by atoms with Gasteiger partial charge in [0.1, 0.15) is 0 Å². The molecule has 8 heteroatoms. The minimum Gasteiger partial charge on any atom is -0.338 e. The zero-order valence-corrected chi connectivity index (χ0v) is 14.2. The molecule has 0 aliphatic rings. The van der Waals surface area contributed by atoms with Gasteiger partial charge in [-0.25, -0.2) is 0 Å². The number of nitrogens with one attached hydrogen (secondary N) is 1. The Kier molecular flexibility index (Phi) is 4.90. The van der Waals surface area contributed by atoms with Gasteiger partial charge < -0.3 is 9.05 Å². The largest absolute Gasteiger partial charge is 0.338 e. The van der Waals surface area contributed by atoms with Crippen LogP contribution in [0.2, 0.25) is 0 Å². The molecule has 7 nitrogen and oxygen atoms in total. The van der Waals surface area contributed by atoms with Crippen molar-refractivity contribution in [2.45, 2.75) is 51.0 Å². The highest BCUT2D eigenvalue weighted by atomic mass is 32.2. The second-order valence-electron chi connectivity index (χ2n) is 6.04. The summed E-state index contributed by atoms with van der Waals surface area (Å²) in [6.45, 7) is 9.66. The van der Waals surface area contributed by atoms with Crippen LogP contribution in [0.15, 0.2) is 15.1 Å². The van der Waals surface area contributed by atoms with Crippen LogP contribution in [0.4, 0.5) is 5.88 Å². The third-order valence-electron chi connectivity index (χ3n) is 2.84. The average molecular weight is 324 g/mol. The Labute approximate surface area is 133 Å². The molecule has 2 aromatic heterocycles. The van der Waals surface area contributed by atoms with E-state index < -0.39 is 0 Å². The van der Waals surface area contributed by atoms with Crippen molar-refractivity contribution in [3.8, 4) is 0 Å². The molecule has 2 aromatic rings. The number of hydrogen-bond acceptors (Lipinski definition) is 7. The van der Waals surface area contributed by atoms with E-state index in [0.29, 0.717) is 23.4 Å². The van der Waals surface area contributed by atoms with Gasteiger partial charge in [0, 0.05) is 11.5 Å². The highest BCUT2D eigenvalue weighted by Gasteiger charge is 2.22. The second kappa shape index (κ2) is 6.51. The maximum Gasteiger partial charge on any atom is 0.239 e. The number of rotatable bonds is 5. The van der Waals surface area contributed by atoms with Crippen molar-refractivity contribution in [1.82, 2.24) is 15.3 Å². The fourth-order valence-corrected chi connectivity index (χ4v) is 2.26. The van der Waals surface area contributed by atoms with Crippen molar-refractivity contribution in [3.05, 3.63) is 23.5 Å². The summed E-state index contributed by atoms with van der Waals surface area (Å²) in [5.74, 6) is 1.86. The van der Waals surface area contributed by atoms with E-state index >= 15 is 0 Å². The number of amides is 1. The summed E-state index contributed by atoms with van der Waals surface area (Å²) in [6.07, 6.45) is 0. The first-order chi connectivity index (χ1) is 10.3. The van der Waals surface area contributed by atoms with E-state index in [1.807, 2.05) is 27.7 Å². The van der Waals surface area contributed by atoms with Crippen molar-refractivity contribution in [2.24, 2.45) is 0 Å². The molecular formula is C14H20N4O3S. The van der Waals surface area contributed by atoms with Crippen LogP contribution in [0.25, 0.3) is 0 Å². The molecule has 1 unspecified atom stereocenters. The zero-order valence-electron chi connectivity index (χ0n) is 13.3. The third kappa shape index (κ3) is 4.33. The van der Waals surface area contributed by atoms with Crippen LogP contribution in [0, 0.1) is 6.92 Å². The van der Waals surface area contributed by atoms with Gasteiger partial charge >= 0.3 is 0 Å². The molecule has 120 valence electrons. The molecule has 0 spiro atoms. The fourth-order valence-electron chi connectivity index (χ4n) is 1.54. The van der Waals surface area contributed by atoms with Crippen molar-refractivity contribution in [3.63, 3.8) is 0 Å². The third-order valence-corrected chi connectivity index (χ3v) is 3.97. The molecule has 2 heterocycles. The van der Waals surface area contributed by atoms with Gasteiger partial charge in [0.2, 0.25) is 17.7 Å². The molecule has 0 aliphatic carbocycles. The molecule has 1 N–H and O–H groups in total. The van der Waals surface area contributed by atoms with Gasteiger partial charge in [-0.05, 0) is 13.8 Å². The number of aryl methyl sites for hydroxylation is 1. The molecule has 1 atom stereocenters. The van der Waals surface area contributed by atoms with Crippen LogP contribution in [-0.2, 0) is 16.0 Å². The van der Waals surface area contributed by atoms with Crippen LogP contribution < -0.4 is 5.32 Å². The van der Waals surface area contributed by atoms with Crippen LogP contribution in [0.5, 0.6) is 0 Å². The number of aromatic nitrogens is 3. The Bertz CT molecular complexity index is 645. The van der Waals surface area contributed by atoms with E-state index in [-0.39, 0.29) is 16.6 Å². The lowest BCUT2D eigenvalue weighted by Gasteiger charge is -2.11. The van der Waals surface area contributed by atoms with Gasteiger partial charge in [-0.15, -0.1) is 11.8 Å². The van der Waals surface area contributed by atoms with Crippen molar-refractivity contribution in [1.29, 1.82) is 0 Å². The maximum absolute atomic E-state index is 12.0. The van der Waals surface area contributed by atoms with E-state index in [0.717, 1.165) is 5.69 Å². The quantitative estimate of drug-likeness (QED) is 0.903. The standard InChI is InChI=1S/C14H20N4O3S/c1-8-6-10(20-17-8)15-12(19)9(2)22-7-11-16-13(18-21-11)14(3,4)5/h6,9H,7H2,1-5H3,(H,15,19). The number of anilines is 1. The van der Waals surface area contributed by atoms with E-state index in [4.69, 9.17) is 9.05 Å². The Hall–Kier alpha value is -1.83. The number of carbonyl (C=O) groups excluding carboxylic acids is 1. The van der Waals surface area contributed by atoms with Crippen LogP contribution in [0.3, 0.4) is 0 Å². The molecule has 0 aliphatic heterocycles. The summed E-state index contributed by atoms with van der Waals surface area (Å²) in [4.78, 5) is 16.4. The first-order valence-electron chi connectivity index (χ1n) is 6.94. The predicted molar refractivity (Wildman–Crippen MR) is 83.6 cm³/mol. The van der Waals surface area contributed by atoms with Gasteiger partial charge in [-0.1, -0.05) is 31.1 Å². The number of carbonyl (C=O) groups is 1. The Morgan fingerprint density at radius 2 is 2.09 bits per heavy atom. The monoisotopic (exact) mass is 324 g/mol. The molecular weight excluding hydrogens is 304 g/mol. The van der Waals surface area contributed by atoms with Gasteiger partial charge in [-0.2, -0.15) is 4.98 Å². The summed E-state index contributed by atoms with van der Waals surface area (Å²) in [6, 6.07) is 1.67. The Morgan fingerprint density at radius 3 is 2.64 bits per heavy atom. The van der Waals surface area contributed by atoms with Crippen molar-refractivity contribution in [2.75, 3.05) is 5.32 Å². The topological polar surface area (TPSA) is 94.1 Å². The number of thioether (sulfide) groups is 1. The molecule has 0 saturated heterocycles. The minimum absolute atomic E-state index is 0.153. The fraction of sp³-hybridized carbons (Fsp3) is 0.571. The summed E-state index contributed by atoms with van der Waals surface area (Å²) in [5, 5.41) is 10.1. The van der Waals surface area contributed by atoms with Crippen LogP contribution in [-0.4, -0.2) is 26.5 Å². The van der Waals surface area contributed by atoms with Crippen LogP contribution >= 0.6 is 11.8 Å². The van der Waals surface area contributed by atoms with Gasteiger partial charge in [0.25, 0.3) is 0 Å². The molecule has 0 saturated carbocycles. The lowest BCUT2D eigenvalue weighted by molar-refractivity contribution is -0.115. The molecule has 2 rings (SSSR count). The Morgan fingerprint density at radius 1 is 1.36 bits per heavy atom. The van der Waals surface area contributed by atoms with E-state index in [2.05, 4.69) is 20.6 Å². The average Bonchev–Trinajstić information content (AvgIpc) is 3.04. The van der Waals surface area contributed by atoms with Crippen molar-refractivity contribution < 1.29 is 13.8 Å². The molecule has 0 aromatic carbocycles. The number of nitrogens with zero attached hydrogens (tertiary/aromatic N) is 3. The predicted octanol–water partition coefficient (Wildman–Crippen LogP) is 2.92. The Balaban J connectivity index is 1.85. The van der Waals surface area contributed by atoms with Gasteiger partial charge in [0.05, 0.1) is 16.7 Å². The van der Waals surface area contributed by atoms with Crippen molar-refractivity contribution >= 4 is 23.6 Å². The molecule has 0 bridgehead atoms. The smallest absolute Gasteiger partial charge is 0.239 e. The normalized spacial score (nSPS) is 13.1. The maximum atomic E-state index is 12.0. The zero-order chi connectivity index (χ0) is 16.3. The first kappa shape index (κ1) is 16.5. The first-order valence-corrected chi connectivity index (χ1v) is 7.99. The lowest BCUT2D eigenvalue weighted by atomic mass is 9.96. The van der Waals surface area contributed by atoms with E-state index in [1.54, 1.807) is 13.0 Å². The summed E-state index contributed by atoms with van der Waals surface area (Å²) >= 11 is 1.42. The minimum atomic E-state index is -0.282. The summed E-state index contributed by atoms with van der Waals surface area (Å²) < 4.78 is 10.2. The number of hydrogen-bond donors (Lipinski definition) is 1.